The molecule has 1 aliphatic heterocycles. The first-order valence-corrected chi connectivity index (χ1v) is 7.54. The van der Waals surface area contributed by atoms with E-state index in [-0.39, 0.29) is 5.91 Å². The largest absolute Gasteiger partial charge is 0.360 e. The summed E-state index contributed by atoms with van der Waals surface area (Å²) in [5, 5.41) is 1.01. The second kappa shape index (κ2) is 5.00. The molecule has 1 atom stereocenters. The van der Waals surface area contributed by atoms with E-state index in [1.807, 2.05) is 29.3 Å². The Bertz CT molecular complexity index is 620. The molecule has 1 fully saturated rings. The first kappa shape index (κ1) is 12.7. The first-order chi connectivity index (χ1) is 9.16. The molecule has 1 aromatic heterocycles. The molecule has 0 aliphatic carbocycles. The van der Waals surface area contributed by atoms with Crippen molar-refractivity contribution in [3.63, 3.8) is 0 Å². The summed E-state index contributed by atoms with van der Waals surface area (Å²) in [6.45, 7) is 3.02. The van der Waals surface area contributed by atoms with Gasteiger partial charge in [0.25, 0.3) is 5.91 Å². The van der Waals surface area contributed by atoms with Crippen molar-refractivity contribution in [1.29, 1.82) is 0 Å². The summed E-state index contributed by atoms with van der Waals surface area (Å²) in [5.41, 5.74) is 1.79. The fourth-order valence-electron chi connectivity index (χ4n) is 2.83. The van der Waals surface area contributed by atoms with E-state index < -0.39 is 0 Å². The number of rotatable bonds is 1. The Hall–Kier alpha value is -1.29. The lowest BCUT2D eigenvalue weighted by molar-refractivity contribution is 0.0638. The van der Waals surface area contributed by atoms with Crippen LogP contribution < -0.4 is 0 Å². The van der Waals surface area contributed by atoms with Gasteiger partial charge < -0.3 is 9.88 Å². The van der Waals surface area contributed by atoms with Gasteiger partial charge in [-0.2, -0.15) is 0 Å². The molecule has 100 valence electrons. The van der Waals surface area contributed by atoms with E-state index >= 15 is 0 Å². The summed E-state index contributed by atoms with van der Waals surface area (Å²) in [6, 6.07) is 6.33. The molecule has 3 nitrogen and oxygen atoms in total. The number of nitrogens with one attached hydrogen (secondary N) is 1. The summed E-state index contributed by atoms with van der Waals surface area (Å²) >= 11 is 3.45. The maximum atomic E-state index is 12.7. The van der Waals surface area contributed by atoms with Gasteiger partial charge in [-0.1, -0.05) is 22.0 Å². The van der Waals surface area contributed by atoms with Gasteiger partial charge in [-0.05, 0) is 38.3 Å². The lowest BCUT2D eigenvalue weighted by Gasteiger charge is -2.33. The van der Waals surface area contributed by atoms with Crippen molar-refractivity contribution in [3.8, 4) is 0 Å². The molecule has 0 spiro atoms. The summed E-state index contributed by atoms with van der Waals surface area (Å²) in [6.07, 6.45) is 5.29. The Kier molecular flexibility index (Phi) is 3.35. The van der Waals surface area contributed by atoms with Gasteiger partial charge in [-0.25, -0.2) is 0 Å². The van der Waals surface area contributed by atoms with Gasteiger partial charge in [-0.15, -0.1) is 0 Å². The Morgan fingerprint density at radius 1 is 1.42 bits per heavy atom. The Morgan fingerprint density at radius 2 is 2.26 bits per heavy atom. The molecule has 0 bridgehead atoms. The van der Waals surface area contributed by atoms with Crippen LogP contribution in [0.2, 0.25) is 0 Å². The van der Waals surface area contributed by atoms with Crippen molar-refractivity contribution < 1.29 is 4.79 Å². The van der Waals surface area contributed by atoms with Gasteiger partial charge in [-0.3, -0.25) is 4.79 Å². The highest BCUT2D eigenvalue weighted by Crippen LogP contribution is 2.26. The zero-order valence-corrected chi connectivity index (χ0v) is 12.5. The lowest BCUT2D eigenvalue weighted by atomic mass is 10.0. The van der Waals surface area contributed by atoms with E-state index in [2.05, 4.69) is 27.8 Å². The second-order valence-electron chi connectivity index (χ2n) is 5.24. The van der Waals surface area contributed by atoms with Crippen molar-refractivity contribution in [2.75, 3.05) is 6.54 Å². The van der Waals surface area contributed by atoms with E-state index in [0.29, 0.717) is 6.04 Å². The van der Waals surface area contributed by atoms with Gasteiger partial charge >= 0.3 is 0 Å². The fourth-order valence-corrected chi connectivity index (χ4v) is 3.19. The predicted octanol–water partition coefficient (Wildman–Crippen LogP) is 3.95. The van der Waals surface area contributed by atoms with Crippen LogP contribution in [-0.2, 0) is 0 Å². The molecule has 19 heavy (non-hydrogen) atoms. The Labute approximate surface area is 121 Å². The number of aromatic amines is 1. The SMILES string of the molecule is CC1CCCCN1C(=O)c1c[nH]c2cc(Br)ccc12. The monoisotopic (exact) mass is 320 g/mol. The summed E-state index contributed by atoms with van der Waals surface area (Å²) in [4.78, 5) is 17.9. The number of H-pyrrole nitrogens is 1. The molecule has 1 aliphatic rings. The van der Waals surface area contributed by atoms with Crippen LogP contribution in [0.4, 0.5) is 0 Å². The number of carbonyl (C=O) groups is 1. The molecule has 1 unspecified atom stereocenters. The number of hydrogen-bond acceptors (Lipinski definition) is 1. The van der Waals surface area contributed by atoms with E-state index in [9.17, 15) is 4.79 Å². The molecule has 1 amide bonds. The molecule has 0 radical (unpaired) electrons. The molecule has 4 heteroatoms. The summed E-state index contributed by atoms with van der Waals surface area (Å²) in [5.74, 6) is 0.153. The molecule has 1 saturated heterocycles. The third-order valence-electron chi connectivity index (χ3n) is 3.94. The van der Waals surface area contributed by atoms with Crippen LogP contribution in [0.25, 0.3) is 10.9 Å². The summed E-state index contributed by atoms with van der Waals surface area (Å²) in [7, 11) is 0. The first-order valence-electron chi connectivity index (χ1n) is 6.74. The van der Waals surface area contributed by atoms with E-state index in [4.69, 9.17) is 0 Å². The van der Waals surface area contributed by atoms with E-state index in [1.165, 1.54) is 6.42 Å². The average Bonchev–Trinajstić information content (AvgIpc) is 2.81. The number of nitrogens with zero attached hydrogens (tertiary/aromatic N) is 1. The van der Waals surface area contributed by atoms with Crippen LogP contribution in [-0.4, -0.2) is 28.4 Å². The van der Waals surface area contributed by atoms with Crippen molar-refractivity contribution in [1.82, 2.24) is 9.88 Å². The fraction of sp³-hybridized carbons (Fsp3) is 0.400. The van der Waals surface area contributed by atoms with Crippen LogP contribution in [0.15, 0.2) is 28.9 Å². The third kappa shape index (κ3) is 2.29. The number of fused-ring (bicyclic) bond motifs is 1. The quantitative estimate of drug-likeness (QED) is 0.848. The third-order valence-corrected chi connectivity index (χ3v) is 4.43. The smallest absolute Gasteiger partial charge is 0.256 e. The van der Waals surface area contributed by atoms with E-state index in [0.717, 1.165) is 40.3 Å². The lowest BCUT2D eigenvalue weighted by Crippen LogP contribution is -2.41. The molecule has 2 heterocycles. The van der Waals surface area contributed by atoms with Gasteiger partial charge in [0.15, 0.2) is 0 Å². The number of carbonyl (C=O) groups excluding carboxylic acids is 1. The number of benzene rings is 1. The molecular weight excluding hydrogens is 304 g/mol. The van der Waals surface area contributed by atoms with Crippen LogP contribution in [0.1, 0.15) is 36.5 Å². The van der Waals surface area contributed by atoms with Gasteiger partial charge in [0.1, 0.15) is 0 Å². The minimum Gasteiger partial charge on any atom is -0.360 e. The van der Waals surface area contributed by atoms with Crippen LogP contribution >= 0.6 is 15.9 Å². The second-order valence-corrected chi connectivity index (χ2v) is 6.15. The molecule has 1 N–H and O–H groups in total. The van der Waals surface area contributed by atoms with Gasteiger partial charge in [0, 0.05) is 34.2 Å². The van der Waals surface area contributed by atoms with Crippen molar-refractivity contribution in [2.45, 2.75) is 32.2 Å². The number of hydrogen-bond donors (Lipinski definition) is 1. The van der Waals surface area contributed by atoms with Crippen molar-refractivity contribution in [3.05, 3.63) is 34.4 Å². The topological polar surface area (TPSA) is 36.1 Å². The van der Waals surface area contributed by atoms with Gasteiger partial charge in [0.05, 0.1) is 5.56 Å². The normalized spacial score (nSPS) is 19.9. The maximum Gasteiger partial charge on any atom is 0.256 e. The average molecular weight is 321 g/mol. The standard InChI is InChI=1S/C15H17BrN2O/c1-10-4-2-3-7-18(10)15(19)13-9-17-14-8-11(16)5-6-12(13)14/h5-6,8-10,17H,2-4,7H2,1H3. The molecular formula is C15H17BrN2O. The minimum absolute atomic E-state index is 0.153. The zero-order chi connectivity index (χ0) is 13.4. The minimum atomic E-state index is 0.153. The number of amides is 1. The highest BCUT2D eigenvalue weighted by molar-refractivity contribution is 9.10. The van der Waals surface area contributed by atoms with Gasteiger partial charge in [0.2, 0.25) is 0 Å². The van der Waals surface area contributed by atoms with Crippen LogP contribution in [0.5, 0.6) is 0 Å². The molecule has 0 saturated carbocycles. The molecule has 1 aromatic carbocycles. The van der Waals surface area contributed by atoms with Crippen LogP contribution in [0.3, 0.4) is 0 Å². The van der Waals surface area contributed by atoms with Crippen molar-refractivity contribution in [2.24, 2.45) is 0 Å². The predicted molar refractivity (Wildman–Crippen MR) is 80.3 cm³/mol. The Balaban J connectivity index is 1.97. The number of piperidine rings is 1. The summed E-state index contributed by atoms with van der Waals surface area (Å²) < 4.78 is 1.02. The molecule has 2 aromatic rings. The number of aromatic nitrogens is 1. The maximum absolute atomic E-state index is 12.7. The molecule has 3 rings (SSSR count). The van der Waals surface area contributed by atoms with Crippen LogP contribution in [0, 0.1) is 0 Å². The van der Waals surface area contributed by atoms with Crippen molar-refractivity contribution >= 4 is 32.7 Å². The zero-order valence-electron chi connectivity index (χ0n) is 10.9. The number of halogens is 1. The Morgan fingerprint density at radius 3 is 3.05 bits per heavy atom. The van der Waals surface area contributed by atoms with E-state index in [1.54, 1.807) is 0 Å². The number of likely N-dealkylation sites (tertiary alicyclic amines) is 1. The highest BCUT2D eigenvalue weighted by atomic mass is 79.9. The highest BCUT2D eigenvalue weighted by Gasteiger charge is 2.25.